The standard InChI is InChI=1S/C33H41NO10S/c1-5-41-22-45(36,37)31-15-12-24(18-28(31)42-17-9-16-34-33(35)43-21-23-10-7-6-8-11-23)26-13-14-27(44-26)25-19-29(38-2)32(40-4)30(20-25)39-3/h6-8,10-12,15,18-20,26-27H,5,9,13-14,16-17,21-22H2,1-4H3,(H,34,35)/t26-,27-/m0/s1. The molecule has 12 heteroatoms. The van der Waals surface area contributed by atoms with Gasteiger partial charge in [-0.15, -0.1) is 0 Å². The number of ether oxygens (including phenoxy) is 7. The summed E-state index contributed by atoms with van der Waals surface area (Å²) in [6.45, 7) is 2.61. The van der Waals surface area contributed by atoms with Crippen LogP contribution < -0.4 is 24.3 Å². The molecule has 0 aliphatic carbocycles. The van der Waals surface area contributed by atoms with E-state index in [2.05, 4.69) is 5.32 Å². The monoisotopic (exact) mass is 643 g/mol. The lowest BCUT2D eigenvalue weighted by atomic mass is 10.0. The van der Waals surface area contributed by atoms with Crippen molar-refractivity contribution in [3.05, 3.63) is 77.4 Å². The highest BCUT2D eigenvalue weighted by atomic mass is 32.2. The molecule has 1 heterocycles. The van der Waals surface area contributed by atoms with Crippen molar-refractivity contribution in [3.8, 4) is 23.0 Å². The maximum absolute atomic E-state index is 13.1. The van der Waals surface area contributed by atoms with Crippen LogP contribution in [0.3, 0.4) is 0 Å². The summed E-state index contributed by atoms with van der Waals surface area (Å²) in [5.41, 5.74) is 2.56. The van der Waals surface area contributed by atoms with Crippen LogP contribution in [-0.4, -0.2) is 61.5 Å². The molecule has 1 amide bonds. The largest absolute Gasteiger partial charge is 0.493 e. The highest BCUT2D eigenvalue weighted by Crippen LogP contribution is 2.46. The number of hydrogen-bond acceptors (Lipinski definition) is 10. The fourth-order valence-electron chi connectivity index (χ4n) is 4.98. The van der Waals surface area contributed by atoms with Gasteiger partial charge in [-0.2, -0.15) is 0 Å². The zero-order valence-corrected chi connectivity index (χ0v) is 26.9. The molecule has 3 aromatic carbocycles. The number of nitrogens with one attached hydrogen (secondary N) is 1. The van der Waals surface area contributed by atoms with Gasteiger partial charge >= 0.3 is 6.09 Å². The minimum absolute atomic E-state index is 0.0362. The molecular formula is C33H41NO10S. The van der Waals surface area contributed by atoms with Crippen molar-refractivity contribution in [2.24, 2.45) is 0 Å². The first-order chi connectivity index (χ1) is 21.8. The summed E-state index contributed by atoms with van der Waals surface area (Å²) in [6, 6.07) is 18.1. The van der Waals surface area contributed by atoms with Crippen LogP contribution in [-0.2, 0) is 30.7 Å². The SMILES string of the molecule is CCOCS(=O)(=O)c1ccc([C@@H]2CC[C@@H](c3cc(OC)c(OC)c(OC)c3)O2)cc1OCCCNC(=O)OCc1ccccc1. The lowest BCUT2D eigenvalue weighted by molar-refractivity contribution is 0.0436. The minimum Gasteiger partial charge on any atom is -0.493 e. The van der Waals surface area contributed by atoms with Gasteiger partial charge in [0.05, 0.1) is 40.1 Å². The first kappa shape index (κ1) is 33.9. The van der Waals surface area contributed by atoms with E-state index in [0.717, 1.165) is 23.1 Å². The summed E-state index contributed by atoms with van der Waals surface area (Å²) in [5.74, 6) is 1.33. The molecule has 0 aromatic heterocycles. The van der Waals surface area contributed by atoms with Crippen LogP contribution in [0.15, 0.2) is 65.6 Å². The van der Waals surface area contributed by atoms with Gasteiger partial charge in [-0.1, -0.05) is 36.4 Å². The second-order valence-corrected chi connectivity index (χ2v) is 12.2. The van der Waals surface area contributed by atoms with Crippen LogP contribution in [0.25, 0.3) is 0 Å². The van der Waals surface area contributed by atoms with Gasteiger partial charge in [0.1, 0.15) is 17.3 Å². The third kappa shape index (κ3) is 9.03. The van der Waals surface area contributed by atoms with Crippen molar-refractivity contribution in [3.63, 3.8) is 0 Å². The van der Waals surface area contributed by atoms with Crippen LogP contribution in [0.2, 0.25) is 0 Å². The maximum atomic E-state index is 13.1. The van der Waals surface area contributed by atoms with Crippen molar-refractivity contribution in [1.29, 1.82) is 0 Å². The Morgan fingerprint density at radius 1 is 0.889 bits per heavy atom. The Kier molecular flexibility index (Phi) is 12.3. The fourth-order valence-corrected chi connectivity index (χ4v) is 6.20. The molecular weight excluding hydrogens is 602 g/mol. The van der Waals surface area contributed by atoms with E-state index in [1.54, 1.807) is 40.4 Å². The number of carbonyl (C=O) groups is 1. The average molecular weight is 644 g/mol. The fraction of sp³-hybridized carbons (Fsp3) is 0.424. The van der Waals surface area contributed by atoms with E-state index in [4.69, 9.17) is 33.2 Å². The molecule has 1 saturated heterocycles. The van der Waals surface area contributed by atoms with Gasteiger partial charge in [0.25, 0.3) is 0 Å². The number of amides is 1. The Morgan fingerprint density at radius 2 is 1.56 bits per heavy atom. The molecule has 45 heavy (non-hydrogen) atoms. The van der Waals surface area contributed by atoms with E-state index < -0.39 is 21.9 Å². The summed E-state index contributed by atoms with van der Waals surface area (Å²) >= 11 is 0. The summed E-state index contributed by atoms with van der Waals surface area (Å²) in [4.78, 5) is 12.1. The second-order valence-electron chi connectivity index (χ2n) is 10.3. The minimum atomic E-state index is -3.78. The molecule has 0 saturated carbocycles. The Morgan fingerprint density at radius 3 is 2.20 bits per heavy atom. The number of sulfone groups is 1. The van der Waals surface area contributed by atoms with Crippen LogP contribution >= 0.6 is 0 Å². The Bertz CT molecular complexity index is 1490. The molecule has 4 rings (SSSR count). The number of hydrogen-bond donors (Lipinski definition) is 1. The lowest BCUT2D eigenvalue weighted by Crippen LogP contribution is -2.26. The molecule has 1 aliphatic rings. The maximum Gasteiger partial charge on any atom is 0.407 e. The zero-order chi connectivity index (χ0) is 32.2. The summed E-state index contributed by atoms with van der Waals surface area (Å²) in [5, 5.41) is 2.69. The van der Waals surface area contributed by atoms with Crippen LogP contribution in [0.1, 0.15) is 55.1 Å². The first-order valence-corrected chi connectivity index (χ1v) is 16.4. The normalized spacial score (nSPS) is 16.2. The summed E-state index contributed by atoms with van der Waals surface area (Å²) in [7, 11) is 0.907. The molecule has 2 atom stereocenters. The molecule has 0 radical (unpaired) electrons. The van der Waals surface area contributed by atoms with Crippen molar-refractivity contribution < 1.29 is 46.4 Å². The van der Waals surface area contributed by atoms with E-state index in [1.807, 2.05) is 42.5 Å². The summed E-state index contributed by atoms with van der Waals surface area (Å²) < 4.78 is 65.5. The van der Waals surface area contributed by atoms with E-state index in [1.165, 1.54) is 6.07 Å². The van der Waals surface area contributed by atoms with Crippen LogP contribution in [0, 0.1) is 0 Å². The third-order valence-corrected chi connectivity index (χ3v) is 8.74. The molecule has 0 unspecified atom stereocenters. The Labute approximate surface area is 264 Å². The third-order valence-electron chi connectivity index (χ3n) is 7.26. The first-order valence-electron chi connectivity index (χ1n) is 14.8. The van der Waals surface area contributed by atoms with Gasteiger partial charge in [0.2, 0.25) is 15.6 Å². The zero-order valence-electron chi connectivity index (χ0n) is 26.1. The highest BCUT2D eigenvalue weighted by molar-refractivity contribution is 7.91. The van der Waals surface area contributed by atoms with E-state index in [9.17, 15) is 13.2 Å². The number of rotatable bonds is 16. The van der Waals surface area contributed by atoms with Gasteiger partial charge in [-0.25, -0.2) is 13.2 Å². The highest BCUT2D eigenvalue weighted by Gasteiger charge is 2.31. The summed E-state index contributed by atoms with van der Waals surface area (Å²) in [6.07, 6.45) is 0.805. The lowest BCUT2D eigenvalue weighted by Gasteiger charge is -2.19. The number of alkyl carbamates (subject to hydrolysis) is 1. The topological polar surface area (TPSA) is 128 Å². The molecule has 0 spiro atoms. The van der Waals surface area contributed by atoms with Gasteiger partial charge < -0.3 is 38.5 Å². The smallest absolute Gasteiger partial charge is 0.407 e. The average Bonchev–Trinajstić information content (AvgIpc) is 3.56. The number of benzene rings is 3. The molecule has 0 bridgehead atoms. The Balaban J connectivity index is 1.42. The Hall–Kier alpha value is -4.00. The van der Waals surface area contributed by atoms with Crippen molar-refractivity contribution in [2.75, 3.05) is 47.0 Å². The second kappa shape index (κ2) is 16.4. The molecule has 1 fully saturated rings. The van der Waals surface area contributed by atoms with Crippen molar-refractivity contribution >= 4 is 15.9 Å². The van der Waals surface area contributed by atoms with Gasteiger partial charge in [-0.05, 0) is 67.1 Å². The predicted molar refractivity (Wildman–Crippen MR) is 167 cm³/mol. The molecule has 1 N–H and O–H groups in total. The number of methoxy groups -OCH3 is 3. The predicted octanol–water partition coefficient (Wildman–Crippen LogP) is 5.77. The quantitative estimate of drug-likeness (QED) is 0.192. The molecule has 3 aromatic rings. The van der Waals surface area contributed by atoms with Crippen LogP contribution in [0.5, 0.6) is 23.0 Å². The molecule has 1 aliphatic heterocycles. The van der Waals surface area contributed by atoms with E-state index >= 15 is 0 Å². The molecule has 244 valence electrons. The van der Waals surface area contributed by atoms with E-state index in [0.29, 0.717) is 30.1 Å². The van der Waals surface area contributed by atoms with Crippen LogP contribution in [0.4, 0.5) is 4.79 Å². The molecule has 11 nitrogen and oxygen atoms in total. The van der Waals surface area contributed by atoms with E-state index in [-0.39, 0.29) is 49.2 Å². The van der Waals surface area contributed by atoms with Crippen molar-refractivity contribution in [2.45, 2.75) is 49.9 Å². The van der Waals surface area contributed by atoms with Gasteiger partial charge in [-0.3, -0.25) is 0 Å². The van der Waals surface area contributed by atoms with Crippen molar-refractivity contribution in [1.82, 2.24) is 5.32 Å². The van der Waals surface area contributed by atoms with Gasteiger partial charge in [0, 0.05) is 13.2 Å². The number of carbonyl (C=O) groups excluding carboxylic acids is 1. The van der Waals surface area contributed by atoms with Gasteiger partial charge in [0.15, 0.2) is 17.4 Å².